The van der Waals surface area contributed by atoms with Gasteiger partial charge in [-0.05, 0) is 18.6 Å². The summed E-state index contributed by atoms with van der Waals surface area (Å²) in [6, 6.07) is 9.69. The van der Waals surface area contributed by atoms with E-state index in [2.05, 4.69) is 6.92 Å². The highest BCUT2D eigenvalue weighted by Crippen LogP contribution is 2.11. The Morgan fingerprint density at radius 3 is 0.768 bits per heavy atom. The van der Waals surface area contributed by atoms with E-state index < -0.39 is 0 Å². The zero-order valence-corrected chi connectivity index (χ0v) is 35.1. The van der Waals surface area contributed by atoms with E-state index in [0.717, 1.165) is 18.8 Å². The molecule has 0 heterocycles. The molecule has 0 fully saturated rings. The fourth-order valence-corrected chi connectivity index (χ4v) is 5.12. The maximum absolute atomic E-state index is 5.67. The molecule has 1 aromatic carbocycles. The van der Waals surface area contributed by atoms with Crippen molar-refractivity contribution in [1.82, 2.24) is 0 Å². The van der Waals surface area contributed by atoms with E-state index in [1.807, 2.05) is 30.3 Å². The SMILES string of the molecule is CCCCCCCCCCCCCOCCOCCOCCOCCOCCOCCOCCOCCOCCOCCOCCOCCOc1ccccc1. The van der Waals surface area contributed by atoms with Gasteiger partial charge in [-0.25, -0.2) is 0 Å². The van der Waals surface area contributed by atoms with Crippen LogP contribution >= 0.6 is 0 Å². The van der Waals surface area contributed by atoms with Crippen LogP contribution in [0.1, 0.15) is 77.6 Å². The first-order valence-electron chi connectivity index (χ1n) is 21.5. The van der Waals surface area contributed by atoms with Gasteiger partial charge in [-0.1, -0.05) is 89.3 Å². The first-order chi connectivity index (χ1) is 27.9. The van der Waals surface area contributed by atoms with E-state index >= 15 is 0 Å². The van der Waals surface area contributed by atoms with Gasteiger partial charge in [0.15, 0.2) is 0 Å². The monoisotopic (exact) mass is 805 g/mol. The smallest absolute Gasteiger partial charge is 0.119 e. The first kappa shape index (κ1) is 52.6. The lowest BCUT2D eigenvalue weighted by molar-refractivity contribution is -0.0285. The van der Waals surface area contributed by atoms with Gasteiger partial charge in [0.05, 0.1) is 152 Å². The van der Waals surface area contributed by atoms with Crippen molar-refractivity contribution in [1.29, 1.82) is 0 Å². The lowest BCUT2D eigenvalue weighted by atomic mass is 10.1. The molecule has 0 saturated carbocycles. The number of para-hydroxylation sites is 1. The fraction of sp³-hybridized carbons (Fsp3) is 0.860. The van der Waals surface area contributed by atoms with E-state index in [1.54, 1.807) is 0 Å². The van der Waals surface area contributed by atoms with Crippen molar-refractivity contribution in [3.63, 3.8) is 0 Å². The molecule has 0 radical (unpaired) electrons. The Balaban J connectivity index is 1.59. The summed E-state index contributed by atoms with van der Waals surface area (Å²) in [6.45, 7) is 15.9. The van der Waals surface area contributed by atoms with E-state index in [-0.39, 0.29) is 0 Å². The van der Waals surface area contributed by atoms with Crippen LogP contribution in [0.3, 0.4) is 0 Å². The van der Waals surface area contributed by atoms with Gasteiger partial charge >= 0.3 is 0 Å². The molecule has 0 amide bonds. The standard InChI is InChI=1S/C43H80O13/c1-2-3-4-5-6-7-8-9-10-11-15-18-44-19-20-45-21-22-46-23-24-47-25-26-48-27-28-49-29-30-50-31-32-51-33-34-52-35-36-53-37-38-54-39-40-55-41-42-56-43-16-13-12-14-17-43/h12-14,16-17H,2-11,15,18-42H2,1H3. The van der Waals surface area contributed by atoms with E-state index in [4.69, 9.17) is 61.6 Å². The summed E-state index contributed by atoms with van der Waals surface area (Å²) < 4.78 is 71.9. The third kappa shape index (κ3) is 43.7. The molecule has 56 heavy (non-hydrogen) atoms. The highest BCUT2D eigenvalue weighted by Gasteiger charge is 1.98. The summed E-state index contributed by atoms with van der Waals surface area (Å²) in [6.07, 6.45) is 14.9. The second kappa shape index (κ2) is 47.9. The molecule has 0 bridgehead atoms. The minimum absolute atomic E-state index is 0.512. The van der Waals surface area contributed by atoms with E-state index in [0.29, 0.717) is 159 Å². The Hall–Kier alpha value is -1.46. The summed E-state index contributed by atoms with van der Waals surface area (Å²) in [5, 5.41) is 0. The van der Waals surface area contributed by atoms with Crippen LogP contribution in [-0.2, 0) is 56.8 Å². The van der Waals surface area contributed by atoms with Gasteiger partial charge in [-0.2, -0.15) is 0 Å². The molecule has 0 aromatic heterocycles. The maximum Gasteiger partial charge on any atom is 0.119 e. The van der Waals surface area contributed by atoms with Crippen molar-refractivity contribution in [2.24, 2.45) is 0 Å². The molecule has 0 unspecified atom stereocenters. The Kier molecular flexibility index (Phi) is 45.0. The first-order valence-corrected chi connectivity index (χ1v) is 21.5. The normalized spacial score (nSPS) is 11.5. The minimum atomic E-state index is 0.512. The molecular weight excluding hydrogens is 724 g/mol. The fourth-order valence-electron chi connectivity index (χ4n) is 5.12. The molecular formula is C43H80O13. The van der Waals surface area contributed by atoms with Crippen LogP contribution in [0.25, 0.3) is 0 Å². The second-order valence-electron chi connectivity index (χ2n) is 13.0. The molecule has 0 aliphatic heterocycles. The number of benzene rings is 1. The van der Waals surface area contributed by atoms with Crippen molar-refractivity contribution in [2.45, 2.75) is 77.6 Å². The summed E-state index contributed by atoms with van der Waals surface area (Å²) in [7, 11) is 0. The Labute approximate surface area is 339 Å². The van der Waals surface area contributed by atoms with Gasteiger partial charge in [0.1, 0.15) is 12.4 Å². The average Bonchev–Trinajstić information content (AvgIpc) is 3.22. The van der Waals surface area contributed by atoms with Crippen molar-refractivity contribution in [2.75, 3.05) is 165 Å². The predicted molar refractivity (Wildman–Crippen MR) is 218 cm³/mol. The maximum atomic E-state index is 5.67. The highest BCUT2D eigenvalue weighted by atomic mass is 16.6. The van der Waals surface area contributed by atoms with Gasteiger partial charge in [-0.15, -0.1) is 0 Å². The van der Waals surface area contributed by atoms with Gasteiger partial charge in [0.2, 0.25) is 0 Å². The van der Waals surface area contributed by atoms with Crippen molar-refractivity contribution < 1.29 is 61.6 Å². The number of hydrogen-bond donors (Lipinski definition) is 0. The molecule has 0 saturated heterocycles. The Morgan fingerprint density at radius 2 is 0.482 bits per heavy atom. The topological polar surface area (TPSA) is 120 Å². The molecule has 1 rings (SSSR count). The second-order valence-corrected chi connectivity index (χ2v) is 13.0. The van der Waals surface area contributed by atoms with Crippen LogP contribution in [0.2, 0.25) is 0 Å². The predicted octanol–water partition coefficient (Wildman–Crippen LogP) is 6.58. The van der Waals surface area contributed by atoms with Crippen LogP contribution in [0, 0.1) is 0 Å². The van der Waals surface area contributed by atoms with Crippen molar-refractivity contribution >= 4 is 0 Å². The lowest BCUT2D eigenvalue weighted by Crippen LogP contribution is -2.15. The quantitative estimate of drug-likeness (QED) is 0.0661. The van der Waals surface area contributed by atoms with Crippen molar-refractivity contribution in [3.8, 4) is 5.75 Å². The van der Waals surface area contributed by atoms with Crippen LogP contribution in [0.4, 0.5) is 0 Å². The van der Waals surface area contributed by atoms with Crippen LogP contribution in [0.5, 0.6) is 5.75 Å². The molecule has 0 aliphatic carbocycles. The van der Waals surface area contributed by atoms with Crippen LogP contribution < -0.4 is 4.74 Å². The average molecular weight is 805 g/mol. The molecule has 13 heteroatoms. The molecule has 1 aromatic rings. The van der Waals surface area contributed by atoms with Gasteiger partial charge in [0, 0.05) is 6.61 Å². The molecule has 0 spiro atoms. The van der Waals surface area contributed by atoms with Gasteiger partial charge in [-0.3, -0.25) is 0 Å². The molecule has 13 nitrogen and oxygen atoms in total. The van der Waals surface area contributed by atoms with E-state index in [9.17, 15) is 0 Å². The van der Waals surface area contributed by atoms with E-state index in [1.165, 1.54) is 64.2 Å². The third-order valence-electron chi connectivity index (χ3n) is 8.22. The lowest BCUT2D eigenvalue weighted by Gasteiger charge is -2.09. The molecule has 330 valence electrons. The minimum Gasteiger partial charge on any atom is -0.491 e. The Morgan fingerprint density at radius 1 is 0.250 bits per heavy atom. The zero-order valence-electron chi connectivity index (χ0n) is 35.1. The molecule has 0 atom stereocenters. The zero-order chi connectivity index (χ0) is 39.8. The highest BCUT2D eigenvalue weighted by molar-refractivity contribution is 5.20. The van der Waals surface area contributed by atoms with Gasteiger partial charge in [0.25, 0.3) is 0 Å². The Bertz CT molecular complexity index is 839. The van der Waals surface area contributed by atoms with Crippen LogP contribution in [-0.4, -0.2) is 165 Å². The van der Waals surface area contributed by atoms with Crippen molar-refractivity contribution in [3.05, 3.63) is 30.3 Å². The number of unbranched alkanes of at least 4 members (excludes halogenated alkanes) is 10. The molecule has 0 aliphatic rings. The number of hydrogen-bond acceptors (Lipinski definition) is 13. The third-order valence-corrected chi connectivity index (χ3v) is 8.22. The summed E-state index contributed by atoms with van der Waals surface area (Å²) in [5.74, 6) is 0.845. The summed E-state index contributed by atoms with van der Waals surface area (Å²) >= 11 is 0. The summed E-state index contributed by atoms with van der Waals surface area (Å²) in [5.41, 5.74) is 0. The molecule has 0 N–H and O–H groups in total. The van der Waals surface area contributed by atoms with Crippen LogP contribution in [0.15, 0.2) is 30.3 Å². The van der Waals surface area contributed by atoms with Gasteiger partial charge < -0.3 is 61.6 Å². The summed E-state index contributed by atoms with van der Waals surface area (Å²) in [4.78, 5) is 0. The number of ether oxygens (including phenoxy) is 13. The number of rotatable bonds is 49. The largest absolute Gasteiger partial charge is 0.491 e.